The Morgan fingerprint density at radius 3 is 2.78 bits per heavy atom. The first kappa shape index (κ1) is 18.7. The number of carbonyl (C=O) groups is 1. The van der Waals surface area contributed by atoms with Gasteiger partial charge in [0, 0.05) is 35.1 Å². The molecule has 2 aromatic carbocycles. The van der Waals surface area contributed by atoms with Crippen molar-refractivity contribution in [2.45, 2.75) is 6.42 Å². The smallest absolute Gasteiger partial charge is 0.251 e. The molecule has 0 saturated heterocycles. The van der Waals surface area contributed by atoms with E-state index >= 15 is 0 Å². The molecule has 0 aliphatic carbocycles. The average molecular weight is 382 g/mol. The lowest BCUT2D eigenvalue weighted by atomic mass is 10.1. The predicted octanol–water partition coefficient (Wildman–Crippen LogP) is 4.46. The molecule has 0 atom stereocenters. The van der Waals surface area contributed by atoms with E-state index < -0.39 is 0 Å². The van der Waals surface area contributed by atoms with E-state index in [0.717, 1.165) is 17.0 Å². The zero-order valence-corrected chi connectivity index (χ0v) is 15.7. The van der Waals surface area contributed by atoms with Gasteiger partial charge in [0.1, 0.15) is 11.6 Å². The van der Waals surface area contributed by atoms with E-state index in [2.05, 4.69) is 15.6 Å². The van der Waals surface area contributed by atoms with Crippen LogP contribution in [0.5, 0.6) is 5.75 Å². The van der Waals surface area contributed by atoms with Gasteiger partial charge in [-0.2, -0.15) is 0 Å². The highest BCUT2D eigenvalue weighted by molar-refractivity contribution is 6.30. The molecule has 0 spiro atoms. The fraction of sp³-hybridized carbons (Fsp3) is 0.143. The molecule has 0 radical (unpaired) electrons. The number of benzene rings is 2. The van der Waals surface area contributed by atoms with Crippen molar-refractivity contribution in [1.82, 2.24) is 10.3 Å². The minimum Gasteiger partial charge on any atom is -0.497 e. The van der Waals surface area contributed by atoms with Crippen LogP contribution in [0.4, 0.5) is 11.5 Å². The molecule has 1 amide bonds. The van der Waals surface area contributed by atoms with E-state index in [9.17, 15) is 4.79 Å². The summed E-state index contributed by atoms with van der Waals surface area (Å²) in [6, 6.07) is 18.5. The second-order valence-corrected chi connectivity index (χ2v) is 6.36. The van der Waals surface area contributed by atoms with Gasteiger partial charge in [-0.25, -0.2) is 4.98 Å². The first-order valence-electron chi connectivity index (χ1n) is 8.54. The molecule has 5 nitrogen and oxygen atoms in total. The molecule has 1 heterocycles. The average Bonchev–Trinajstić information content (AvgIpc) is 2.68. The summed E-state index contributed by atoms with van der Waals surface area (Å²) in [4.78, 5) is 16.7. The largest absolute Gasteiger partial charge is 0.497 e. The zero-order valence-electron chi connectivity index (χ0n) is 14.9. The van der Waals surface area contributed by atoms with Gasteiger partial charge in [-0.15, -0.1) is 0 Å². The van der Waals surface area contributed by atoms with Crippen LogP contribution in [0.15, 0.2) is 66.9 Å². The fourth-order valence-corrected chi connectivity index (χ4v) is 2.82. The van der Waals surface area contributed by atoms with Crippen molar-refractivity contribution in [2.24, 2.45) is 0 Å². The Hall–Kier alpha value is -3.05. The zero-order chi connectivity index (χ0) is 19.1. The minimum atomic E-state index is -0.145. The highest BCUT2D eigenvalue weighted by Gasteiger charge is 2.07. The molecule has 138 valence electrons. The van der Waals surface area contributed by atoms with Crippen LogP contribution in [-0.2, 0) is 6.42 Å². The molecule has 3 aromatic rings. The summed E-state index contributed by atoms with van der Waals surface area (Å²) in [6.07, 6.45) is 2.32. The molecule has 0 unspecified atom stereocenters. The maximum Gasteiger partial charge on any atom is 0.251 e. The number of pyridine rings is 1. The molecule has 1 aromatic heterocycles. The molecule has 6 heteroatoms. The topological polar surface area (TPSA) is 63.2 Å². The van der Waals surface area contributed by atoms with Gasteiger partial charge in [0.25, 0.3) is 5.91 Å². The Kier molecular flexibility index (Phi) is 6.28. The lowest BCUT2D eigenvalue weighted by Crippen LogP contribution is -2.25. The Morgan fingerprint density at radius 1 is 1.11 bits per heavy atom. The Morgan fingerprint density at radius 2 is 1.96 bits per heavy atom. The van der Waals surface area contributed by atoms with Crippen molar-refractivity contribution >= 4 is 29.0 Å². The van der Waals surface area contributed by atoms with E-state index in [1.165, 1.54) is 0 Å². The Bertz CT molecular complexity index is 931. The number of amides is 1. The van der Waals surface area contributed by atoms with E-state index in [4.69, 9.17) is 16.3 Å². The molecule has 0 fully saturated rings. The third-order valence-corrected chi connectivity index (χ3v) is 4.19. The summed E-state index contributed by atoms with van der Waals surface area (Å²) >= 11 is 5.98. The van der Waals surface area contributed by atoms with Crippen LogP contribution in [-0.4, -0.2) is 24.5 Å². The molecule has 0 aliphatic heterocycles. The van der Waals surface area contributed by atoms with Gasteiger partial charge in [-0.3, -0.25) is 4.79 Å². The van der Waals surface area contributed by atoms with Crippen LogP contribution in [0.1, 0.15) is 15.9 Å². The fourth-order valence-electron chi connectivity index (χ4n) is 2.60. The number of aromatic nitrogens is 1. The summed E-state index contributed by atoms with van der Waals surface area (Å²) in [5, 5.41) is 6.79. The standard InChI is InChI=1S/C21H20ClN3O2/c1-27-19-7-3-6-18(14-19)25-20-13-16(9-11-23-20)21(26)24-10-8-15-4-2-5-17(22)12-15/h2-7,9,11-14H,8,10H2,1H3,(H,23,25)(H,24,26). The van der Waals surface area contributed by atoms with E-state index in [1.807, 2.05) is 48.5 Å². The lowest BCUT2D eigenvalue weighted by Gasteiger charge is -2.09. The van der Waals surface area contributed by atoms with Crippen molar-refractivity contribution in [3.05, 3.63) is 83.0 Å². The van der Waals surface area contributed by atoms with Gasteiger partial charge in [0.05, 0.1) is 7.11 Å². The van der Waals surface area contributed by atoms with Crippen molar-refractivity contribution < 1.29 is 9.53 Å². The highest BCUT2D eigenvalue weighted by atomic mass is 35.5. The van der Waals surface area contributed by atoms with Crippen LogP contribution in [0.3, 0.4) is 0 Å². The normalized spacial score (nSPS) is 10.3. The van der Waals surface area contributed by atoms with Crippen molar-refractivity contribution in [2.75, 3.05) is 19.0 Å². The Balaban J connectivity index is 1.59. The number of rotatable bonds is 7. The third kappa shape index (κ3) is 5.46. The van der Waals surface area contributed by atoms with Gasteiger partial charge in [0.2, 0.25) is 0 Å². The highest BCUT2D eigenvalue weighted by Crippen LogP contribution is 2.20. The van der Waals surface area contributed by atoms with Gasteiger partial charge in [0.15, 0.2) is 0 Å². The molecule has 0 aliphatic rings. The summed E-state index contributed by atoms with van der Waals surface area (Å²) in [6.45, 7) is 0.528. The second kappa shape index (κ2) is 9.05. The molecular weight excluding hydrogens is 362 g/mol. The van der Waals surface area contributed by atoms with Crippen molar-refractivity contribution in [1.29, 1.82) is 0 Å². The summed E-state index contributed by atoms with van der Waals surface area (Å²) in [5.41, 5.74) is 2.46. The number of halogens is 1. The number of methoxy groups -OCH3 is 1. The first-order valence-corrected chi connectivity index (χ1v) is 8.91. The summed E-state index contributed by atoms with van der Waals surface area (Å²) < 4.78 is 5.21. The summed E-state index contributed by atoms with van der Waals surface area (Å²) in [5.74, 6) is 1.19. The SMILES string of the molecule is COc1cccc(Nc2cc(C(=O)NCCc3cccc(Cl)c3)ccn2)c1. The van der Waals surface area contributed by atoms with Crippen molar-refractivity contribution in [3.8, 4) is 5.75 Å². The first-order chi connectivity index (χ1) is 13.1. The molecule has 0 saturated carbocycles. The summed E-state index contributed by atoms with van der Waals surface area (Å²) in [7, 11) is 1.62. The number of carbonyl (C=O) groups excluding carboxylic acids is 1. The van der Waals surface area contributed by atoms with E-state index in [-0.39, 0.29) is 5.91 Å². The predicted molar refractivity (Wildman–Crippen MR) is 108 cm³/mol. The minimum absolute atomic E-state index is 0.145. The maximum absolute atomic E-state index is 12.4. The van der Waals surface area contributed by atoms with E-state index in [0.29, 0.717) is 29.4 Å². The second-order valence-electron chi connectivity index (χ2n) is 5.92. The van der Waals surface area contributed by atoms with E-state index in [1.54, 1.807) is 25.4 Å². The molecule has 0 bridgehead atoms. The number of nitrogens with one attached hydrogen (secondary N) is 2. The molecular formula is C21H20ClN3O2. The number of hydrogen-bond donors (Lipinski definition) is 2. The molecule has 3 rings (SSSR count). The van der Waals surface area contributed by atoms with Gasteiger partial charge in [-0.1, -0.05) is 29.8 Å². The van der Waals surface area contributed by atoms with Crippen LogP contribution in [0.2, 0.25) is 5.02 Å². The number of ether oxygens (including phenoxy) is 1. The van der Waals surface area contributed by atoms with Gasteiger partial charge in [-0.05, 0) is 48.4 Å². The quantitative estimate of drug-likeness (QED) is 0.634. The van der Waals surface area contributed by atoms with Crippen LogP contribution in [0.25, 0.3) is 0 Å². The number of nitrogens with zero attached hydrogens (tertiary/aromatic N) is 1. The van der Waals surface area contributed by atoms with Crippen LogP contribution in [0, 0.1) is 0 Å². The Labute approximate surface area is 163 Å². The third-order valence-electron chi connectivity index (χ3n) is 3.95. The molecule has 2 N–H and O–H groups in total. The molecule has 27 heavy (non-hydrogen) atoms. The number of hydrogen-bond acceptors (Lipinski definition) is 4. The van der Waals surface area contributed by atoms with Gasteiger partial charge >= 0.3 is 0 Å². The van der Waals surface area contributed by atoms with Crippen molar-refractivity contribution in [3.63, 3.8) is 0 Å². The maximum atomic E-state index is 12.4. The van der Waals surface area contributed by atoms with Crippen LogP contribution >= 0.6 is 11.6 Å². The monoisotopic (exact) mass is 381 g/mol. The van der Waals surface area contributed by atoms with Gasteiger partial charge < -0.3 is 15.4 Å². The number of anilines is 2. The van der Waals surface area contributed by atoms with Crippen LogP contribution < -0.4 is 15.4 Å². The lowest BCUT2D eigenvalue weighted by molar-refractivity contribution is 0.0954.